The fourth-order valence-corrected chi connectivity index (χ4v) is 2.43. The first-order chi connectivity index (χ1) is 10.4. The van der Waals surface area contributed by atoms with Gasteiger partial charge in [0.2, 0.25) is 5.91 Å². The van der Waals surface area contributed by atoms with E-state index in [1.165, 1.54) is 6.07 Å². The van der Waals surface area contributed by atoms with Crippen LogP contribution in [-0.4, -0.2) is 35.3 Å². The van der Waals surface area contributed by atoms with E-state index in [-0.39, 0.29) is 12.5 Å². The van der Waals surface area contributed by atoms with Gasteiger partial charge in [0.15, 0.2) is 0 Å². The smallest absolute Gasteiger partial charge is 0.325 e. The third-order valence-corrected chi connectivity index (χ3v) is 3.93. The van der Waals surface area contributed by atoms with Crippen LogP contribution in [0.15, 0.2) is 18.2 Å². The summed E-state index contributed by atoms with van der Waals surface area (Å²) in [6.07, 6.45) is 1.31. The van der Waals surface area contributed by atoms with Crippen molar-refractivity contribution in [3.63, 3.8) is 0 Å². The minimum Gasteiger partial charge on any atom is -0.326 e. The molecule has 6 nitrogen and oxygen atoms in total. The number of hydrogen-bond donors (Lipinski definition) is 2. The molecule has 0 saturated carbocycles. The van der Waals surface area contributed by atoms with Gasteiger partial charge in [-0.1, -0.05) is 36.5 Å². The predicted octanol–water partition coefficient (Wildman–Crippen LogP) is 2.65. The lowest BCUT2D eigenvalue weighted by molar-refractivity contribution is -0.130. The molecule has 0 aliphatic carbocycles. The highest BCUT2D eigenvalue weighted by atomic mass is 35.5. The second-order valence-electron chi connectivity index (χ2n) is 4.89. The van der Waals surface area contributed by atoms with E-state index in [2.05, 4.69) is 10.6 Å². The molecule has 2 N–H and O–H groups in total. The lowest BCUT2D eigenvalue weighted by Crippen LogP contribution is -2.38. The Hall–Kier alpha value is -1.79. The molecule has 0 bridgehead atoms. The molecule has 0 spiro atoms. The summed E-state index contributed by atoms with van der Waals surface area (Å²) in [5, 5.41) is 5.80. The number of nitrogens with zero attached hydrogens (tertiary/aromatic N) is 1. The lowest BCUT2D eigenvalue weighted by Gasteiger charge is -2.13. The van der Waals surface area contributed by atoms with Crippen molar-refractivity contribution in [2.24, 2.45) is 0 Å². The van der Waals surface area contributed by atoms with Crippen molar-refractivity contribution in [3.05, 3.63) is 28.2 Å². The molecular weight excluding hydrogens is 329 g/mol. The third-order valence-electron chi connectivity index (χ3n) is 3.19. The summed E-state index contributed by atoms with van der Waals surface area (Å²) < 4.78 is 0. The van der Waals surface area contributed by atoms with Crippen LogP contribution in [0.25, 0.3) is 0 Å². The summed E-state index contributed by atoms with van der Waals surface area (Å²) in [5.74, 6) is -0.866. The fraction of sp³-hybridized carbons (Fsp3) is 0.357. The van der Waals surface area contributed by atoms with Crippen molar-refractivity contribution in [1.82, 2.24) is 10.2 Å². The minimum absolute atomic E-state index is 0.303. The maximum atomic E-state index is 12.0. The number of anilines is 1. The van der Waals surface area contributed by atoms with E-state index in [9.17, 15) is 14.4 Å². The summed E-state index contributed by atoms with van der Waals surface area (Å²) in [4.78, 5) is 36.6. The van der Waals surface area contributed by atoms with Gasteiger partial charge in [-0.05, 0) is 24.6 Å². The van der Waals surface area contributed by atoms with Crippen molar-refractivity contribution in [1.29, 1.82) is 0 Å². The number of halogens is 2. The molecular formula is C14H15Cl2N3O3. The van der Waals surface area contributed by atoms with E-state index < -0.39 is 18.0 Å². The highest BCUT2D eigenvalue weighted by molar-refractivity contribution is 6.42. The largest absolute Gasteiger partial charge is 0.326 e. The van der Waals surface area contributed by atoms with Crippen LogP contribution in [0.2, 0.25) is 10.0 Å². The van der Waals surface area contributed by atoms with Crippen LogP contribution >= 0.6 is 23.2 Å². The van der Waals surface area contributed by atoms with Gasteiger partial charge in [-0.15, -0.1) is 0 Å². The van der Waals surface area contributed by atoms with Gasteiger partial charge in [0.25, 0.3) is 5.91 Å². The van der Waals surface area contributed by atoms with E-state index >= 15 is 0 Å². The number of amides is 4. The molecule has 1 heterocycles. The van der Waals surface area contributed by atoms with Crippen molar-refractivity contribution >= 4 is 46.7 Å². The molecule has 1 aromatic rings. The van der Waals surface area contributed by atoms with Gasteiger partial charge >= 0.3 is 6.03 Å². The third kappa shape index (κ3) is 3.69. The minimum atomic E-state index is -0.548. The van der Waals surface area contributed by atoms with Gasteiger partial charge < -0.3 is 10.6 Å². The van der Waals surface area contributed by atoms with Gasteiger partial charge in [-0.2, -0.15) is 0 Å². The van der Waals surface area contributed by atoms with E-state index in [4.69, 9.17) is 23.2 Å². The number of imide groups is 1. The van der Waals surface area contributed by atoms with Crippen LogP contribution in [0.1, 0.15) is 19.8 Å². The van der Waals surface area contributed by atoms with E-state index in [1.807, 2.05) is 6.92 Å². The van der Waals surface area contributed by atoms with Gasteiger partial charge in [0.1, 0.15) is 12.6 Å². The van der Waals surface area contributed by atoms with E-state index in [1.54, 1.807) is 12.1 Å². The van der Waals surface area contributed by atoms with Crippen LogP contribution in [-0.2, 0) is 9.59 Å². The summed E-state index contributed by atoms with van der Waals surface area (Å²) >= 11 is 11.6. The summed E-state index contributed by atoms with van der Waals surface area (Å²) in [6, 6.07) is 3.53. The zero-order valence-electron chi connectivity index (χ0n) is 11.9. The molecule has 1 aromatic carbocycles. The second kappa shape index (κ2) is 6.98. The quantitative estimate of drug-likeness (QED) is 0.806. The molecule has 0 radical (unpaired) electrons. The average Bonchev–Trinajstić information content (AvgIpc) is 2.71. The highest BCUT2D eigenvalue weighted by Crippen LogP contribution is 2.25. The zero-order valence-corrected chi connectivity index (χ0v) is 13.4. The van der Waals surface area contributed by atoms with Crippen LogP contribution in [0.4, 0.5) is 10.5 Å². The number of nitrogens with one attached hydrogen (secondary N) is 2. The molecule has 1 aliphatic rings. The lowest BCUT2D eigenvalue weighted by atomic mass is 10.2. The molecule has 1 saturated heterocycles. The Morgan fingerprint density at radius 1 is 1.32 bits per heavy atom. The van der Waals surface area contributed by atoms with E-state index in [0.717, 1.165) is 11.3 Å². The molecule has 118 valence electrons. The molecule has 1 atom stereocenters. The second-order valence-corrected chi connectivity index (χ2v) is 5.71. The van der Waals surface area contributed by atoms with Crippen molar-refractivity contribution in [3.8, 4) is 0 Å². The Morgan fingerprint density at radius 2 is 2.05 bits per heavy atom. The summed E-state index contributed by atoms with van der Waals surface area (Å²) in [7, 11) is 0. The maximum Gasteiger partial charge on any atom is 0.325 e. The highest BCUT2D eigenvalue weighted by Gasteiger charge is 2.38. The molecule has 0 unspecified atom stereocenters. The standard InChI is InChI=1S/C14H15Cl2N3O3/c1-2-3-11-13(21)19(14(22)18-11)7-12(20)17-8-4-5-9(15)10(16)6-8/h4-6,11H,2-3,7H2,1H3,(H,17,20)(H,18,22)/t11-/m0/s1. The SMILES string of the molecule is CCC[C@@H]1NC(=O)N(CC(=O)Nc2ccc(Cl)c(Cl)c2)C1=O. The van der Waals surface area contributed by atoms with E-state index in [0.29, 0.717) is 22.2 Å². The first-order valence-corrected chi connectivity index (χ1v) is 7.54. The number of hydrogen-bond acceptors (Lipinski definition) is 3. The average molecular weight is 344 g/mol. The van der Waals surface area contributed by atoms with Crippen LogP contribution in [0.3, 0.4) is 0 Å². The monoisotopic (exact) mass is 343 g/mol. The Bertz CT molecular complexity index is 621. The van der Waals surface area contributed by atoms with Gasteiger partial charge in [0, 0.05) is 5.69 Å². The van der Waals surface area contributed by atoms with Crippen molar-refractivity contribution < 1.29 is 14.4 Å². The molecule has 8 heteroatoms. The van der Waals surface area contributed by atoms with Crippen LogP contribution < -0.4 is 10.6 Å². The number of carbonyl (C=O) groups is 3. The van der Waals surface area contributed by atoms with Crippen molar-refractivity contribution in [2.75, 3.05) is 11.9 Å². The number of benzene rings is 1. The van der Waals surface area contributed by atoms with Gasteiger partial charge in [-0.3, -0.25) is 14.5 Å². The first kappa shape index (κ1) is 16.6. The summed E-state index contributed by atoms with van der Waals surface area (Å²) in [6.45, 7) is 1.57. The fourth-order valence-electron chi connectivity index (χ4n) is 2.13. The Morgan fingerprint density at radius 3 is 2.68 bits per heavy atom. The molecule has 1 aliphatic heterocycles. The van der Waals surface area contributed by atoms with Crippen LogP contribution in [0.5, 0.6) is 0 Å². The topological polar surface area (TPSA) is 78.5 Å². The summed E-state index contributed by atoms with van der Waals surface area (Å²) in [5.41, 5.74) is 0.441. The van der Waals surface area contributed by atoms with Gasteiger partial charge in [0.05, 0.1) is 10.0 Å². The van der Waals surface area contributed by atoms with Gasteiger partial charge in [-0.25, -0.2) is 4.79 Å². The molecule has 2 rings (SSSR count). The molecule has 1 fully saturated rings. The molecule has 0 aromatic heterocycles. The Labute approximate surface area is 137 Å². The normalized spacial score (nSPS) is 17.6. The molecule has 22 heavy (non-hydrogen) atoms. The maximum absolute atomic E-state index is 12.0. The van der Waals surface area contributed by atoms with Crippen molar-refractivity contribution in [2.45, 2.75) is 25.8 Å². The predicted molar refractivity (Wildman–Crippen MR) is 84.0 cm³/mol. The Balaban J connectivity index is 1.98. The molecule has 4 amide bonds. The number of carbonyl (C=O) groups excluding carboxylic acids is 3. The first-order valence-electron chi connectivity index (χ1n) is 6.79. The number of rotatable bonds is 5. The number of urea groups is 1. The Kier molecular flexibility index (Phi) is 5.26. The van der Waals surface area contributed by atoms with Crippen LogP contribution in [0, 0.1) is 0 Å². The zero-order chi connectivity index (χ0) is 16.3.